The van der Waals surface area contributed by atoms with Crippen molar-refractivity contribution in [2.45, 2.75) is 19.8 Å². The highest BCUT2D eigenvalue weighted by Gasteiger charge is 2.09. The number of rotatable bonds is 6. The number of benzene rings is 2. The molecule has 2 aromatic carbocycles. The molecule has 0 heterocycles. The van der Waals surface area contributed by atoms with Crippen molar-refractivity contribution in [3.05, 3.63) is 64.2 Å². The number of carbonyl (C=O) groups is 2. The zero-order valence-electron chi connectivity index (χ0n) is 14.1. The van der Waals surface area contributed by atoms with Crippen molar-refractivity contribution in [3.8, 4) is 6.07 Å². The predicted octanol–water partition coefficient (Wildman–Crippen LogP) is 3.39. The average molecular weight is 369 g/mol. The number of nitrogens with zero attached hydrogens (tertiary/aromatic N) is 2. The Labute approximate surface area is 156 Å². The molecular weight excluding hydrogens is 352 g/mol. The Balaban J connectivity index is 1.77. The Hall–Kier alpha value is -3.17. The van der Waals surface area contributed by atoms with Crippen LogP contribution in [0.25, 0.3) is 0 Å². The van der Waals surface area contributed by atoms with E-state index < -0.39 is 0 Å². The highest BCUT2D eigenvalue weighted by Crippen LogP contribution is 2.23. The van der Waals surface area contributed by atoms with Gasteiger partial charge in [-0.25, -0.2) is 5.43 Å². The summed E-state index contributed by atoms with van der Waals surface area (Å²) >= 11 is 6.00. The zero-order chi connectivity index (χ0) is 18.9. The van der Waals surface area contributed by atoms with Gasteiger partial charge in [-0.3, -0.25) is 9.59 Å². The third-order valence-electron chi connectivity index (χ3n) is 3.56. The molecule has 2 rings (SSSR count). The number of hydrogen-bond acceptors (Lipinski definition) is 4. The van der Waals surface area contributed by atoms with E-state index in [0.29, 0.717) is 16.3 Å². The molecule has 26 heavy (non-hydrogen) atoms. The third-order valence-corrected chi connectivity index (χ3v) is 3.97. The maximum atomic E-state index is 11.9. The van der Waals surface area contributed by atoms with E-state index in [1.54, 1.807) is 42.5 Å². The second kappa shape index (κ2) is 9.35. The van der Waals surface area contributed by atoms with Gasteiger partial charge in [0.05, 0.1) is 17.8 Å². The van der Waals surface area contributed by atoms with Crippen LogP contribution in [0.3, 0.4) is 0 Å². The Morgan fingerprint density at radius 1 is 1.15 bits per heavy atom. The largest absolute Gasteiger partial charge is 0.326 e. The van der Waals surface area contributed by atoms with E-state index in [-0.39, 0.29) is 24.7 Å². The number of amides is 2. The van der Waals surface area contributed by atoms with Gasteiger partial charge in [-0.15, -0.1) is 0 Å². The van der Waals surface area contributed by atoms with Gasteiger partial charge >= 0.3 is 0 Å². The highest BCUT2D eigenvalue weighted by atomic mass is 35.5. The van der Waals surface area contributed by atoms with Crippen LogP contribution in [0.2, 0.25) is 5.02 Å². The molecule has 2 amide bonds. The Morgan fingerprint density at radius 2 is 1.85 bits per heavy atom. The van der Waals surface area contributed by atoms with Gasteiger partial charge in [0.25, 0.3) is 0 Å². The summed E-state index contributed by atoms with van der Waals surface area (Å²) in [4.78, 5) is 23.7. The second-order valence-corrected chi connectivity index (χ2v) is 5.89. The lowest BCUT2D eigenvalue weighted by atomic mass is 10.2. The molecule has 0 aromatic heterocycles. The van der Waals surface area contributed by atoms with Crippen LogP contribution in [0.15, 0.2) is 47.6 Å². The van der Waals surface area contributed by atoms with E-state index in [9.17, 15) is 9.59 Å². The normalized spacial score (nSPS) is 10.3. The average Bonchev–Trinajstić information content (AvgIpc) is 2.64. The fraction of sp³-hybridized carbons (Fsp3) is 0.158. The van der Waals surface area contributed by atoms with Crippen LogP contribution in [0, 0.1) is 18.3 Å². The molecule has 0 bridgehead atoms. The molecule has 2 N–H and O–H groups in total. The summed E-state index contributed by atoms with van der Waals surface area (Å²) in [5, 5.41) is 15.8. The lowest BCUT2D eigenvalue weighted by molar-refractivity contribution is -0.124. The van der Waals surface area contributed by atoms with Crippen LogP contribution < -0.4 is 10.7 Å². The van der Waals surface area contributed by atoms with Crippen molar-refractivity contribution >= 4 is 35.3 Å². The first-order valence-electron chi connectivity index (χ1n) is 7.86. The monoisotopic (exact) mass is 368 g/mol. The lowest BCUT2D eigenvalue weighted by Gasteiger charge is -2.09. The van der Waals surface area contributed by atoms with Crippen molar-refractivity contribution < 1.29 is 9.59 Å². The maximum absolute atomic E-state index is 11.9. The Morgan fingerprint density at radius 3 is 2.54 bits per heavy atom. The van der Waals surface area contributed by atoms with Gasteiger partial charge in [0.2, 0.25) is 11.8 Å². The third kappa shape index (κ3) is 5.72. The second-order valence-electron chi connectivity index (χ2n) is 5.49. The zero-order valence-corrected chi connectivity index (χ0v) is 14.9. The molecule has 132 valence electrons. The predicted molar refractivity (Wildman–Crippen MR) is 101 cm³/mol. The number of hydrogen-bond donors (Lipinski definition) is 2. The molecule has 0 saturated heterocycles. The van der Waals surface area contributed by atoms with Gasteiger partial charge in [-0.05, 0) is 42.3 Å². The fourth-order valence-electron chi connectivity index (χ4n) is 2.06. The van der Waals surface area contributed by atoms with E-state index >= 15 is 0 Å². The Kier molecular flexibility index (Phi) is 6.89. The van der Waals surface area contributed by atoms with E-state index in [2.05, 4.69) is 15.8 Å². The minimum absolute atomic E-state index is 0.0101. The summed E-state index contributed by atoms with van der Waals surface area (Å²) in [5.41, 5.74) is 5.06. The van der Waals surface area contributed by atoms with Gasteiger partial charge in [-0.1, -0.05) is 29.8 Å². The molecule has 0 unspecified atom stereocenters. The minimum Gasteiger partial charge on any atom is -0.326 e. The van der Waals surface area contributed by atoms with Gasteiger partial charge in [-0.2, -0.15) is 10.4 Å². The van der Waals surface area contributed by atoms with Gasteiger partial charge in [0, 0.05) is 23.6 Å². The molecule has 0 aliphatic rings. The van der Waals surface area contributed by atoms with Crippen molar-refractivity contribution in [3.63, 3.8) is 0 Å². The summed E-state index contributed by atoms with van der Waals surface area (Å²) in [6.45, 7) is 1.81. The SMILES string of the molecule is Cc1c(Cl)cccc1NC(=O)CCC(=O)NN=Cc1ccc(C#N)cc1. The molecule has 0 fully saturated rings. The number of anilines is 1. The fourth-order valence-corrected chi connectivity index (χ4v) is 2.24. The molecule has 2 aromatic rings. The van der Waals surface area contributed by atoms with Crippen LogP contribution in [-0.2, 0) is 9.59 Å². The molecule has 7 heteroatoms. The summed E-state index contributed by atoms with van der Waals surface area (Å²) in [5.74, 6) is -0.644. The minimum atomic E-state index is -0.368. The van der Waals surface area contributed by atoms with Crippen molar-refractivity contribution in [2.75, 3.05) is 5.32 Å². The van der Waals surface area contributed by atoms with Crippen molar-refractivity contribution in [1.29, 1.82) is 5.26 Å². The maximum Gasteiger partial charge on any atom is 0.240 e. The Bertz CT molecular complexity index is 870. The molecule has 0 radical (unpaired) electrons. The summed E-state index contributed by atoms with van der Waals surface area (Å²) in [6.07, 6.45) is 1.51. The standard InChI is InChI=1S/C19H17ClN4O2/c1-13-16(20)3-2-4-17(13)23-18(25)9-10-19(26)24-22-12-15-7-5-14(11-21)6-8-15/h2-8,12H,9-10H2,1H3,(H,23,25)(H,24,26). The first kappa shape index (κ1) is 19.2. The summed E-state index contributed by atoms with van der Waals surface area (Å²) in [6, 6.07) is 14.0. The van der Waals surface area contributed by atoms with Crippen LogP contribution >= 0.6 is 11.6 Å². The molecule has 0 aliphatic carbocycles. The van der Waals surface area contributed by atoms with E-state index in [0.717, 1.165) is 11.1 Å². The van der Waals surface area contributed by atoms with E-state index in [4.69, 9.17) is 16.9 Å². The molecular formula is C19H17ClN4O2. The van der Waals surface area contributed by atoms with Crippen LogP contribution in [0.1, 0.15) is 29.5 Å². The molecule has 0 atom stereocenters. The topological polar surface area (TPSA) is 94.3 Å². The molecule has 0 saturated carbocycles. The smallest absolute Gasteiger partial charge is 0.240 e. The van der Waals surface area contributed by atoms with Crippen LogP contribution in [-0.4, -0.2) is 18.0 Å². The number of halogens is 1. The molecule has 0 aliphatic heterocycles. The van der Waals surface area contributed by atoms with Crippen molar-refractivity contribution in [2.24, 2.45) is 5.10 Å². The number of hydrazone groups is 1. The number of nitrogens with one attached hydrogen (secondary N) is 2. The highest BCUT2D eigenvalue weighted by molar-refractivity contribution is 6.31. The number of carbonyl (C=O) groups excluding carboxylic acids is 2. The summed E-state index contributed by atoms with van der Waals surface area (Å²) in [7, 11) is 0. The van der Waals surface area contributed by atoms with Crippen molar-refractivity contribution in [1.82, 2.24) is 5.43 Å². The molecule has 6 nitrogen and oxygen atoms in total. The lowest BCUT2D eigenvalue weighted by Crippen LogP contribution is -2.20. The molecule has 0 spiro atoms. The van der Waals surface area contributed by atoms with E-state index in [1.807, 2.05) is 13.0 Å². The van der Waals surface area contributed by atoms with Gasteiger partial charge in [0.1, 0.15) is 0 Å². The first-order chi connectivity index (χ1) is 12.5. The number of nitriles is 1. The van der Waals surface area contributed by atoms with Gasteiger partial charge < -0.3 is 5.32 Å². The quantitative estimate of drug-likeness (QED) is 0.604. The first-order valence-corrected chi connectivity index (χ1v) is 8.24. The summed E-state index contributed by atoms with van der Waals surface area (Å²) < 4.78 is 0. The van der Waals surface area contributed by atoms with Gasteiger partial charge in [0.15, 0.2) is 0 Å². The van der Waals surface area contributed by atoms with Crippen LogP contribution in [0.4, 0.5) is 5.69 Å². The van der Waals surface area contributed by atoms with Crippen LogP contribution in [0.5, 0.6) is 0 Å². The van der Waals surface area contributed by atoms with E-state index in [1.165, 1.54) is 6.21 Å².